The molecule has 0 saturated carbocycles. The van der Waals surface area contributed by atoms with E-state index in [1.54, 1.807) is 18.5 Å². The molecule has 6 nitrogen and oxygen atoms in total. The Morgan fingerprint density at radius 2 is 2.30 bits per heavy atom. The van der Waals surface area contributed by atoms with E-state index in [2.05, 4.69) is 15.1 Å². The van der Waals surface area contributed by atoms with Crippen LogP contribution in [0.2, 0.25) is 4.34 Å². The van der Waals surface area contributed by atoms with E-state index >= 15 is 0 Å². The molecule has 3 aromatic heterocycles. The fourth-order valence-electron chi connectivity index (χ4n) is 2.00. The van der Waals surface area contributed by atoms with Crippen molar-refractivity contribution in [2.24, 2.45) is 0 Å². The zero-order chi connectivity index (χ0) is 16.2. The number of nitrogens with zero attached hydrogens (tertiary/aromatic N) is 4. The van der Waals surface area contributed by atoms with Gasteiger partial charge in [-0.15, -0.1) is 11.3 Å². The predicted octanol–water partition coefficient (Wildman–Crippen LogP) is 3.17. The number of hydrogen-bond donors (Lipinski definition) is 0. The SMILES string of the molecule is CC(Cc1ccc(Cl)s1)OC(=O)c1cncc(-n2cccn2)n1. The van der Waals surface area contributed by atoms with Gasteiger partial charge < -0.3 is 4.74 Å². The molecule has 3 heterocycles. The number of aromatic nitrogens is 4. The lowest BCUT2D eigenvalue weighted by Crippen LogP contribution is -2.18. The van der Waals surface area contributed by atoms with Crippen LogP contribution in [0.4, 0.5) is 0 Å². The highest BCUT2D eigenvalue weighted by atomic mass is 35.5. The highest BCUT2D eigenvalue weighted by Gasteiger charge is 2.16. The second-order valence-electron chi connectivity index (χ2n) is 4.84. The Balaban J connectivity index is 1.67. The Hall–Kier alpha value is -2.25. The van der Waals surface area contributed by atoms with Gasteiger partial charge >= 0.3 is 5.97 Å². The predicted molar refractivity (Wildman–Crippen MR) is 87.1 cm³/mol. The number of ether oxygens (including phenoxy) is 1. The number of hydrogen-bond acceptors (Lipinski definition) is 6. The molecule has 0 aliphatic rings. The summed E-state index contributed by atoms with van der Waals surface area (Å²) in [7, 11) is 0. The van der Waals surface area contributed by atoms with Gasteiger partial charge in [-0.25, -0.2) is 14.5 Å². The second-order valence-corrected chi connectivity index (χ2v) is 6.64. The van der Waals surface area contributed by atoms with Crippen LogP contribution in [0, 0.1) is 0 Å². The first-order valence-electron chi connectivity index (χ1n) is 6.89. The van der Waals surface area contributed by atoms with E-state index in [4.69, 9.17) is 16.3 Å². The summed E-state index contributed by atoms with van der Waals surface area (Å²) in [6.07, 6.45) is 6.58. The topological polar surface area (TPSA) is 69.9 Å². The van der Waals surface area contributed by atoms with Crippen molar-refractivity contribution in [1.29, 1.82) is 0 Å². The summed E-state index contributed by atoms with van der Waals surface area (Å²) >= 11 is 7.37. The second kappa shape index (κ2) is 6.89. The first-order valence-corrected chi connectivity index (χ1v) is 8.08. The Bertz CT molecular complexity index is 803. The van der Waals surface area contributed by atoms with E-state index in [0.29, 0.717) is 12.2 Å². The first-order chi connectivity index (χ1) is 11.1. The molecule has 0 saturated heterocycles. The van der Waals surface area contributed by atoms with Gasteiger partial charge in [-0.1, -0.05) is 11.6 Å². The van der Waals surface area contributed by atoms with Crippen LogP contribution in [0.1, 0.15) is 22.3 Å². The summed E-state index contributed by atoms with van der Waals surface area (Å²) < 4.78 is 7.66. The van der Waals surface area contributed by atoms with Crippen LogP contribution in [0.15, 0.2) is 43.0 Å². The molecule has 1 atom stereocenters. The van der Waals surface area contributed by atoms with Crippen molar-refractivity contribution in [3.63, 3.8) is 0 Å². The van der Waals surface area contributed by atoms with Gasteiger partial charge in [0.25, 0.3) is 0 Å². The molecule has 0 fully saturated rings. The van der Waals surface area contributed by atoms with E-state index < -0.39 is 5.97 Å². The lowest BCUT2D eigenvalue weighted by Gasteiger charge is -2.12. The Labute approximate surface area is 141 Å². The number of halogens is 1. The van der Waals surface area contributed by atoms with E-state index in [0.717, 1.165) is 9.21 Å². The molecule has 23 heavy (non-hydrogen) atoms. The molecule has 0 aliphatic carbocycles. The third kappa shape index (κ3) is 3.94. The summed E-state index contributed by atoms with van der Waals surface area (Å²) in [5, 5.41) is 4.06. The van der Waals surface area contributed by atoms with Crippen LogP contribution in [0.25, 0.3) is 5.82 Å². The molecule has 0 N–H and O–H groups in total. The standard InChI is InChI=1S/C15H13ClN4O2S/c1-10(7-11-3-4-13(16)23-11)22-15(21)12-8-17-9-14(19-12)20-6-2-5-18-20/h2-6,8-10H,7H2,1H3. The summed E-state index contributed by atoms with van der Waals surface area (Å²) in [5.41, 5.74) is 0.147. The zero-order valence-corrected chi connectivity index (χ0v) is 13.8. The van der Waals surface area contributed by atoms with Gasteiger partial charge in [0, 0.05) is 23.7 Å². The average Bonchev–Trinajstić information content (AvgIpc) is 3.19. The van der Waals surface area contributed by atoms with Gasteiger partial charge in [0.2, 0.25) is 0 Å². The minimum absolute atomic E-state index is 0.147. The maximum Gasteiger partial charge on any atom is 0.358 e. The lowest BCUT2D eigenvalue weighted by atomic mass is 10.2. The van der Waals surface area contributed by atoms with Crippen molar-refractivity contribution in [2.45, 2.75) is 19.4 Å². The van der Waals surface area contributed by atoms with Crippen molar-refractivity contribution in [2.75, 3.05) is 0 Å². The third-order valence-corrected chi connectivity index (χ3v) is 4.25. The molecular formula is C15H13ClN4O2S. The molecule has 118 valence electrons. The van der Waals surface area contributed by atoms with E-state index in [1.165, 1.54) is 28.4 Å². The van der Waals surface area contributed by atoms with Crippen LogP contribution in [-0.2, 0) is 11.2 Å². The normalized spacial score (nSPS) is 12.1. The minimum atomic E-state index is -0.512. The third-order valence-electron chi connectivity index (χ3n) is 3.00. The molecule has 0 aliphatic heterocycles. The minimum Gasteiger partial charge on any atom is -0.458 e. The number of carbonyl (C=O) groups is 1. The van der Waals surface area contributed by atoms with Crippen molar-refractivity contribution in [3.8, 4) is 5.82 Å². The molecule has 0 amide bonds. The van der Waals surface area contributed by atoms with Gasteiger partial charge in [-0.3, -0.25) is 4.98 Å². The van der Waals surface area contributed by atoms with Gasteiger partial charge in [-0.05, 0) is 25.1 Å². The van der Waals surface area contributed by atoms with Gasteiger partial charge in [0.1, 0.15) is 6.10 Å². The quantitative estimate of drug-likeness (QED) is 0.662. The van der Waals surface area contributed by atoms with Crippen molar-refractivity contribution >= 4 is 28.9 Å². The highest BCUT2D eigenvalue weighted by Crippen LogP contribution is 2.23. The number of esters is 1. The molecular weight excluding hydrogens is 336 g/mol. The average molecular weight is 349 g/mol. The number of rotatable bonds is 5. The molecule has 0 radical (unpaired) electrons. The van der Waals surface area contributed by atoms with Gasteiger partial charge in [0.15, 0.2) is 11.5 Å². The van der Waals surface area contributed by atoms with Crippen LogP contribution < -0.4 is 0 Å². The maximum atomic E-state index is 12.2. The van der Waals surface area contributed by atoms with Gasteiger partial charge in [-0.2, -0.15) is 5.10 Å². The lowest BCUT2D eigenvalue weighted by molar-refractivity contribution is 0.0336. The molecule has 8 heteroatoms. The maximum absolute atomic E-state index is 12.2. The summed E-state index contributed by atoms with van der Waals surface area (Å²) in [4.78, 5) is 21.5. The van der Waals surface area contributed by atoms with Crippen LogP contribution in [0.3, 0.4) is 0 Å². The monoisotopic (exact) mass is 348 g/mol. The van der Waals surface area contributed by atoms with Crippen LogP contribution in [-0.4, -0.2) is 31.8 Å². The molecule has 3 rings (SSSR count). The molecule has 0 bridgehead atoms. The summed E-state index contributed by atoms with van der Waals surface area (Å²) in [5.74, 6) is -0.0520. The van der Waals surface area contributed by atoms with Crippen molar-refractivity contribution in [3.05, 3.63) is 57.9 Å². The summed E-state index contributed by atoms with van der Waals surface area (Å²) in [6.45, 7) is 1.83. The summed E-state index contributed by atoms with van der Waals surface area (Å²) in [6, 6.07) is 5.52. The largest absolute Gasteiger partial charge is 0.458 e. The zero-order valence-electron chi connectivity index (χ0n) is 12.2. The molecule has 0 aromatic carbocycles. The van der Waals surface area contributed by atoms with E-state index in [-0.39, 0.29) is 11.8 Å². The molecule has 3 aromatic rings. The highest BCUT2D eigenvalue weighted by molar-refractivity contribution is 7.16. The number of thiophene rings is 1. The first kappa shape index (κ1) is 15.6. The molecule has 1 unspecified atom stereocenters. The van der Waals surface area contributed by atoms with Crippen molar-refractivity contribution < 1.29 is 9.53 Å². The smallest absolute Gasteiger partial charge is 0.358 e. The fourth-order valence-corrected chi connectivity index (χ4v) is 3.20. The van der Waals surface area contributed by atoms with E-state index in [9.17, 15) is 4.79 Å². The van der Waals surface area contributed by atoms with Gasteiger partial charge in [0.05, 0.1) is 16.7 Å². The molecule has 0 spiro atoms. The van der Waals surface area contributed by atoms with Crippen LogP contribution >= 0.6 is 22.9 Å². The Morgan fingerprint density at radius 1 is 1.43 bits per heavy atom. The Morgan fingerprint density at radius 3 is 3.00 bits per heavy atom. The van der Waals surface area contributed by atoms with Crippen molar-refractivity contribution in [1.82, 2.24) is 19.7 Å². The van der Waals surface area contributed by atoms with Crippen LogP contribution in [0.5, 0.6) is 0 Å². The fraction of sp³-hybridized carbons (Fsp3) is 0.200. The number of carbonyl (C=O) groups excluding carboxylic acids is 1. The van der Waals surface area contributed by atoms with E-state index in [1.807, 2.05) is 19.1 Å². The Kier molecular flexibility index (Phi) is 4.68.